The Morgan fingerprint density at radius 3 is 2.35 bits per heavy atom. The molecule has 1 aliphatic heterocycles. The molecule has 1 aliphatic rings. The summed E-state index contributed by atoms with van der Waals surface area (Å²) in [6.45, 7) is 6.51. The van der Waals surface area contributed by atoms with Crippen molar-refractivity contribution in [3.05, 3.63) is 35.5 Å². The second-order valence-electron chi connectivity index (χ2n) is 6.68. The van der Waals surface area contributed by atoms with E-state index in [-0.39, 0.29) is 31.1 Å². The zero-order chi connectivity index (χ0) is 19.3. The molecule has 0 spiro atoms. The fourth-order valence-electron chi connectivity index (χ4n) is 2.93. The number of aliphatic hydroxyl groups is 1. The molecular weight excluding hydrogens is 332 g/mol. The van der Waals surface area contributed by atoms with E-state index < -0.39 is 0 Å². The summed E-state index contributed by atoms with van der Waals surface area (Å²) in [6, 6.07) is 7.21. The molecule has 0 fully saturated rings. The van der Waals surface area contributed by atoms with Crippen LogP contribution in [0.5, 0.6) is 5.75 Å². The molecule has 0 saturated heterocycles. The van der Waals surface area contributed by atoms with Crippen LogP contribution in [0.25, 0.3) is 5.57 Å². The maximum atomic E-state index is 12.9. The minimum Gasteiger partial charge on any atom is -0.491 e. The number of imide groups is 1. The normalized spacial score (nSPS) is 14.6. The van der Waals surface area contributed by atoms with Gasteiger partial charge < -0.3 is 14.7 Å². The monoisotopic (exact) mass is 360 g/mol. The first-order chi connectivity index (χ1) is 12.4. The van der Waals surface area contributed by atoms with Crippen LogP contribution in [0.15, 0.2) is 30.0 Å². The van der Waals surface area contributed by atoms with E-state index in [4.69, 9.17) is 4.74 Å². The van der Waals surface area contributed by atoms with Crippen molar-refractivity contribution >= 4 is 17.4 Å². The molecule has 0 saturated carbocycles. The average Bonchev–Trinajstić information content (AvgIpc) is 2.84. The second kappa shape index (κ2) is 8.85. The maximum absolute atomic E-state index is 12.9. The molecule has 0 unspecified atom stereocenters. The van der Waals surface area contributed by atoms with Crippen LogP contribution in [-0.2, 0) is 9.59 Å². The minimum absolute atomic E-state index is 0.0607. The van der Waals surface area contributed by atoms with Gasteiger partial charge in [0.25, 0.3) is 11.8 Å². The standard InChI is InChI=1S/C20H28N2O4/c1-5-6-11-22-19(24)17(18(20(22)25)21(4)12-13-23)15-7-9-16(10-8-15)26-14(2)3/h7-10,14,23H,5-6,11-13H2,1-4H3. The van der Waals surface area contributed by atoms with Crippen molar-refractivity contribution < 1.29 is 19.4 Å². The Bertz CT molecular complexity index is 680. The molecule has 0 aliphatic carbocycles. The van der Waals surface area contributed by atoms with Gasteiger partial charge in [-0.3, -0.25) is 14.5 Å². The van der Waals surface area contributed by atoms with Crippen LogP contribution >= 0.6 is 0 Å². The van der Waals surface area contributed by atoms with Crippen molar-refractivity contribution in [3.8, 4) is 5.75 Å². The lowest BCUT2D eigenvalue weighted by Crippen LogP contribution is -2.35. The molecule has 6 heteroatoms. The van der Waals surface area contributed by atoms with Gasteiger partial charge in [-0.25, -0.2) is 0 Å². The van der Waals surface area contributed by atoms with Crippen LogP contribution in [0.4, 0.5) is 0 Å². The Morgan fingerprint density at radius 2 is 1.81 bits per heavy atom. The lowest BCUT2D eigenvalue weighted by molar-refractivity contribution is -0.137. The number of amides is 2. The average molecular weight is 360 g/mol. The number of hydrogen-bond donors (Lipinski definition) is 1. The highest BCUT2D eigenvalue weighted by atomic mass is 16.5. The highest BCUT2D eigenvalue weighted by Gasteiger charge is 2.40. The predicted octanol–water partition coefficient (Wildman–Crippen LogP) is 2.28. The van der Waals surface area contributed by atoms with E-state index in [1.807, 2.05) is 20.8 Å². The number of unbranched alkanes of at least 4 members (excludes halogenated alkanes) is 1. The SMILES string of the molecule is CCCCN1C(=O)C(c2ccc(OC(C)C)cc2)=C(N(C)CCO)C1=O. The Balaban J connectivity index is 2.41. The van der Waals surface area contributed by atoms with Crippen molar-refractivity contribution in [2.45, 2.75) is 39.7 Å². The molecule has 1 N–H and O–H groups in total. The van der Waals surface area contributed by atoms with Crippen molar-refractivity contribution in [2.75, 3.05) is 26.7 Å². The fraction of sp³-hybridized carbons (Fsp3) is 0.500. The molecule has 26 heavy (non-hydrogen) atoms. The summed E-state index contributed by atoms with van der Waals surface area (Å²) in [5.74, 6) is 0.145. The molecular formula is C20H28N2O4. The van der Waals surface area contributed by atoms with Crippen LogP contribution < -0.4 is 4.74 Å². The van der Waals surface area contributed by atoms with Crippen LogP contribution in [0.3, 0.4) is 0 Å². The van der Waals surface area contributed by atoms with E-state index in [1.54, 1.807) is 36.2 Å². The number of carbonyl (C=O) groups is 2. The van der Waals surface area contributed by atoms with Gasteiger partial charge in [0.2, 0.25) is 0 Å². The number of ether oxygens (including phenoxy) is 1. The highest BCUT2D eigenvalue weighted by molar-refractivity contribution is 6.35. The number of aliphatic hydroxyl groups excluding tert-OH is 1. The molecule has 142 valence electrons. The smallest absolute Gasteiger partial charge is 0.277 e. The third-order valence-electron chi connectivity index (χ3n) is 4.21. The first-order valence-electron chi connectivity index (χ1n) is 9.10. The van der Waals surface area contributed by atoms with E-state index in [9.17, 15) is 14.7 Å². The Hall–Kier alpha value is -2.34. The summed E-state index contributed by atoms with van der Waals surface area (Å²) in [4.78, 5) is 28.7. The van der Waals surface area contributed by atoms with Gasteiger partial charge in [0, 0.05) is 20.1 Å². The Labute approximate surface area is 155 Å². The van der Waals surface area contributed by atoms with Crippen molar-refractivity contribution in [1.29, 1.82) is 0 Å². The van der Waals surface area contributed by atoms with Gasteiger partial charge in [-0.15, -0.1) is 0 Å². The van der Waals surface area contributed by atoms with Crippen LogP contribution in [0, 0.1) is 0 Å². The molecule has 6 nitrogen and oxygen atoms in total. The number of likely N-dealkylation sites (N-methyl/N-ethyl adjacent to an activating group) is 1. The first-order valence-corrected chi connectivity index (χ1v) is 9.10. The van der Waals surface area contributed by atoms with Crippen molar-refractivity contribution in [1.82, 2.24) is 9.80 Å². The first kappa shape index (κ1) is 20.0. The molecule has 0 atom stereocenters. The van der Waals surface area contributed by atoms with E-state index in [1.165, 1.54) is 4.90 Å². The van der Waals surface area contributed by atoms with E-state index >= 15 is 0 Å². The van der Waals surface area contributed by atoms with Crippen LogP contribution in [-0.4, -0.2) is 59.6 Å². The number of rotatable bonds is 9. The van der Waals surface area contributed by atoms with Crippen molar-refractivity contribution in [2.24, 2.45) is 0 Å². The van der Waals surface area contributed by atoms with Gasteiger partial charge in [-0.2, -0.15) is 0 Å². The molecule has 1 heterocycles. The predicted molar refractivity (Wildman–Crippen MR) is 100 cm³/mol. The summed E-state index contributed by atoms with van der Waals surface area (Å²) >= 11 is 0. The van der Waals surface area contributed by atoms with Gasteiger partial charge in [0.05, 0.1) is 18.3 Å². The van der Waals surface area contributed by atoms with Gasteiger partial charge in [0.1, 0.15) is 11.4 Å². The van der Waals surface area contributed by atoms with E-state index in [2.05, 4.69) is 0 Å². The number of nitrogens with zero attached hydrogens (tertiary/aromatic N) is 2. The molecule has 1 aromatic rings. The zero-order valence-electron chi connectivity index (χ0n) is 16.0. The lowest BCUT2D eigenvalue weighted by atomic mass is 10.0. The lowest BCUT2D eigenvalue weighted by Gasteiger charge is -2.20. The van der Waals surface area contributed by atoms with E-state index in [0.29, 0.717) is 29.1 Å². The largest absolute Gasteiger partial charge is 0.491 e. The molecule has 1 aromatic carbocycles. The van der Waals surface area contributed by atoms with Gasteiger partial charge >= 0.3 is 0 Å². The quantitative estimate of drug-likeness (QED) is 0.684. The number of carbonyl (C=O) groups excluding carboxylic acids is 2. The van der Waals surface area contributed by atoms with Crippen molar-refractivity contribution in [3.63, 3.8) is 0 Å². The highest BCUT2D eigenvalue weighted by Crippen LogP contribution is 2.32. The van der Waals surface area contributed by atoms with Gasteiger partial charge in [0.15, 0.2) is 0 Å². The summed E-state index contributed by atoms with van der Waals surface area (Å²) in [5.41, 5.74) is 1.41. The molecule has 2 amide bonds. The Kier molecular flexibility index (Phi) is 6.80. The minimum atomic E-state index is -0.295. The summed E-state index contributed by atoms with van der Waals surface area (Å²) < 4.78 is 5.65. The third kappa shape index (κ3) is 4.25. The Morgan fingerprint density at radius 1 is 1.15 bits per heavy atom. The fourth-order valence-corrected chi connectivity index (χ4v) is 2.93. The van der Waals surface area contributed by atoms with Gasteiger partial charge in [-0.05, 0) is 38.0 Å². The van der Waals surface area contributed by atoms with E-state index in [0.717, 1.165) is 12.8 Å². The topological polar surface area (TPSA) is 70.1 Å². The zero-order valence-corrected chi connectivity index (χ0v) is 16.0. The molecule has 0 aromatic heterocycles. The molecule has 2 rings (SSSR count). The number of benzene rings is 1. The summed E-state index contributed by atoms with van der Waals surface area (Å²) in [7, 11) is 1.72. The maximum Gasteiger partial charge on any atom is 0.277 e. The second-order valence-corrected chi connectivity index (χ2v) is 6.68. The van der Waals surface area contributed by atoms with Crippen LogP contribution in [0.1, 0.15) is 39.2 Å². The molecule has 0 radical (unpaired) electrons. The van der Waals surface area contributed by atoms with Crippen LogP contribution in [0.2, 0.25) is 0 Å². The summed E-state index contributed by atoms with van der Waals surface area (Å²) in [5, 5.41) is 9.24. The van der Waals surface area contributed by atoms with Gasteiger partial charge in [-0.1, -0.05) is 25.5 Å². The third-order valence-corrected chi connectivity index (χ3v) is 4.21. The molecule has 0 bridgehead atoms. The number of hydrogen-bond acceptors (Lipinski definition) is 5. The summed E-state index contributed by atoms with van der Waals surface area (Å²) in [6.07, 6.45) is 1.73.